The smallest absolute Gasteiger partial charge is 0.330 e. The number of rotatable bonds is 14. The Labute approximate surface area is 263 Å². The van der Waals surface area contributed by atoms with Gasteiger partial charge in [0.15, 0.2) is 11.6 Å². The molecule has 3 aromatic carbocycles. The number of Topliss-reactive ketones (excluding diaryl/α,β-unsaturated/α-hetero) is 2. The largest absolute Gasteiger partial charge is 0.497 e. The molecule has 0 aromatic heterocycles. The molecule has 0 radical (unpaired) electrons. The highest BCUT2D eigenvalue weighted by atomic mass is 16.5. The third-order valence-electron chi connectivity index (χ3n) is 7.34. The predicted octanol–water partition coefficient (Wildman–Crippen LogP) is 8.92. The van der Waals surface area contributed by atoms with Crippen LogP contribution in [0.3, 0.4) is 0 Å². The van der Waals surface area contributed by atoms with Crippen molar-refractivity contribution in [2.75, 3.05) is 20.8 Å². The van der Waals surface area contributed by atoms with Gasteiger partial charge in [-0.25, -0.2) is 4.79 Å². The normalized spacial score (nSPS) is 11.7. The van der Waals surface area contributed by atoms with Crippen molar-refractivity contribution >= 4 is 23.6 Å². The van der Waals surface area contributed by atoms with Crippen molar-refractivity contribution in [2.24, 2.45) is 5.92 Å². The molecule has 0 aliphatic rings. The summed E-state index contributed by atoms with van der Waals surface area (Å²) < 4.78 is 15.5. The number of unbranched alkanes of at least 4 members (excludes halogenated alkanes) is 1. The van der Waals surface area contributed by atoms with Crippen LogP contribution in [0, 0.1) is 5.92 Å². The molecular weight excluding hydrogens is 552 g/mol. The van der Waals surface area contributed by atoms with Crippen molar-refractivity contribution in [2.45, 2.75) is 72.1 Å². The molecular formula is C38H48O6. The second-order valence-corrected chi connectivity index (χ2v) is 11.7. The van der Waals surface area contributed by atoms with Gasteiger partial charge in [0.2, 0.25) is 0 Å². The summed E-state index contributed by atoms with van der Waals surface area (Å²) in [6, 6.07) is 21.8. The highest BCUT2D eigenvalue weighted by Crippen LogP contribution is 2.23. The average Bonchev–Trinajstić information content (AvgIpc) is 3.04. The van der Waals surface area contributed by atoms with Gasteiger partial charge in [-0.05, 0) is 71.4 Å². The molecule has 1 unspecified atom stereocenters. The molecule has 3 aromatic rings. The molecule has 0 fully saturated rings. The summed E-state index contributed by atoms with van der Waals surface area (Å²) in [7, 11) is 3.20. The zero-order valence-electron chi connectivity index (χ0n) is 27.4. The van der Waals surface area contributed by atoms with E-state index in [-0.39, 0.29) is 29.4 Å². The Bertz CT molecular complexity index is 1330. The van der Waals surface area contributed by atoms with Crippen molar-refractivity contribution in [1.29, 1.82) is 0 Å². The van der Waals surface area contributed by atoms with Gasteiger partial charge in [-0.1, -0.05) is 90.3 Å². The molecule has 0 amide bonds. The van der Waals surface area contributed by atoms with E-state index in [4.69, 9.17) is 14.2 Å². The summed E-state index contributed by atoms with van der Waals surface area (Å²) in [6.07, 6.45) is 7.67. The monoisotopic (exact) mass is 600 g/mol. The van der Waals surface area contributed by atoms with Crippen LogP contribution in [0.1, 0.15) is 98.6 Å². The zero-order chi connectivity index (χ0) is 32.5. The van der Waals surface area contributed by atoms with E-state index < -0.39 is 0 Å². The van der Waals surface area contributed by atoms with Crippen LogP contribution in [-0.2, 0) is 14.9 Å². The molecule has 236 valence electrons. The van der Waals surface area contributed by atoms with Gasteiger partial charge in [0, 0.05) is 17.2 Å². The maximum atomic E-state index is 12.3. The minimum absolute atomic E-state index is 0.0422. The summed E-state index contributed by atoms with van der Waals surface area (Å²) in [5, 5.41) is 0. The molecule has 0 bridgehead atoms. The Kier molecular flexibility index (Phi) is 15.1. The fourth-order valence-electron chi connectivity index (χ4n) is 4.31. The Balaban J connectivity index is 0.000000308. The minimum Gasteiger partial charge on any atom is -0.497 e. The van der Waals surface area contributed by atoms with Crippen LogP contribution in [0.2, 0.25) is 0 Å². The van der Waals surface area contributed by atoms with Crippen molar-refractivity contribution in [3.63, 3.8) is 0 Å². The van der Waals surface area contributed by atoms with Gasteiger partial charge in [-0.2, -0.15) is 0 Å². The van der Waals surface area contributed by atoms with Gasteiger partial charge >= 0.3 is 5.97 Å². The van der Waals surface area contributed by atoms with E-state index >= 15 is 0 Å². The Morgan fingerprint density at radius 3 is 1.70 bits per heavy atom. The topological polar surface area (TPSA) is 78.9 Å². The first kappa shape index (κ1) is 36.0. The summed E-state index contributed by atoms with van der Waals surface area (Å²) in [5.41, 5.74) is 3.24. The maximum Gasteiger partial charge on any atom is 0.330 e. The highest BCUT2D eigenvalue weighted by Gasteiger charge is 2.17. The number of hydrogen-bond acceptors (Lipinski definition) is 6. The third-order valence-corrected chi connectivity index (χ3v) is 7.34. The first-order chi connectivity index (χ1) is 21.0. The van der Waals surface area contributed by atoms with E-state index in [0.717, 1.165) is 29.7 Å². The van der Waals surface area contributed by atoms with E-state index in [1.807, 2.05) is 36.4 Å². The fraction of sp³-hybridized carbons (Fsp3) is 0.395. The van der Waals surface area contributed by atoms with Crippen molar-refractivity contribution in [3.8, 4) is 11.5 Å². The van der Waals surface area contributed by atoms with Crippen molar-refractivity contribution in [3.05, 3.63) is 101 Å². The maximum absolute atomic E-state index is 12.3. The molecule has 6 nitrogen and oxygen atoms in total. The molecule has 0 N–H and O–H groups in total. The van der Waals surface area contributed by atoms with Crippen LogP contribution < -0.4 is 9.47 Å². The summed E-state index contributed by atoms with van der Waals surface area (Å²) in [5.74, 6) is 1.34. The van der Waals surface area contributed by atoms with E-state index in [2.05, 4.69) is 34.6 Å². The third kappa shape index (κ3) is 12.6. The van der Waals surface area contributed by atoms with E-state index in [1.54, 1.807) is 56.7 Å². The second kappa shape index (κ2) is 18.5. The number of carbonyl (C=O) groups is 3. The Hall–Kier alpha value is -4.19. The number of hydrogen-bond donors (Lipinski definition) is 0. The van der Waals surface area contributed by atoms with E-state index in [9.17, 15) is 14.4 Å². The number of esters is 1. The zero-order valence-corrected chi connectivity index (χ0v) is 27.4. The molecule has 0 aliphatic carbocycles. The van der Waals surface area contributed by atoms with Crippen LogP contribution in [0.25, 0.3) is 6.08 Å². The highest BCUT2D eigenvalue weighted by molar-refractivity contribution is 6.13. The van der Waals surface area contributed by atoms with Gasteiger partial charge in [0.25, 0.3) is 0 Å². The number of ether oxygens (including phenoxy) is 3. The first-order valence-electron chi connectivity index (χ1n) is 15.3. The van der Waals surface area contributed by atoms with Crippen LogP contribution >= 0.6 is 0 Å². The Morgan fingerprint density at radius 2 is 1.25 bits per heavy atom. The fourth-order valence-corrected chi connectivity index (χ4v) is 4.31. The number of methoxy groups -OCH3 is 2. The minimum atomic E-state index is -0.277. The van der Waals surface area contributed by atoms with Gasteiger partial charge in [-0.15, -0.1) is 0 Å². The van der Waals surface area contributed by atoms with Gasteiger partial charge < -0.3 is 14.2 Å². The molecule has 0 aliphatic heterocycles. The summed E-state index contributed by atoms with van der Waals surface area (Å²) >= 11 is 0. The van der Waals surface area contributed by atoms with Gasteiger partial charge in [0.05, 0.1) is 27.2 Å². The van der Waals surface area contributed by atoms with Crippen LogP contribution in [-0.4, -0.2) is 38.4 Å². The van der Waals surface area contributed by atoms with Crippen LogP contribution in [0.5, 0.6) is 11.5 Å². The lowest BCUT2D eigenvalue weighted by atomic mass is 9.86. The van der Waals surface area contributed by atoms with E-state index in [0.29, 0.717) is 29.4 Å². The SMILES string of the molecule is CCCCC(CC)COC(=O)/C=C/c1ccc(OC)cc1.COc1ccc(C(=O)CC(=O)c2ccc(C(C)(C)C)cc2)cc1. The molecule has 3 rings (SSSR count). The second-order valence-electron chi connectivity index (χ2n) is 11.7. The first-order valence-corrected chi connectivity index (χ1v) is 15.3. The lowest BCUT2D eigenvalue weighted by molar-refractivity contribution is -0.139. The molecule has 44 heavy (non-hydrogen) atoms. The quantitative estimate of drug-likeness (QED) is 0.0796. The Morgan fingerprint density at radius 1 is 0.750 bits per heavy atom. The lowest BCUT2D eigenvalue weighted by Crippen LogP contribution is -2.12. The van der Waals surface area contributed by atoms with Gasteiger partial charge in [-0.3, -0.25) is 9.59 Å². The number of benzene rings is 3. The van der Waals surface area contributed by atoms with Crippen molar-refractivity contribution < 1.29 is 28.6 Å². The average molecular weight is 601 g/mol. The predicted molar refractivity (Wildman–Crippen MR) is 178 cm³/mol. The number of ketones is 2. The van der Waals surface area contributed by atoms with Crippen molar-refractivity contribution in [1.82, 2.24) is 0 Å². The molecule has 1 atom stereocenters. The van der Waals surface area contributed by atoms with Crippen LogP contribution in [0.15, 0.2) is 78.9 Å². The van der Waals surface area contributed by atoms with E-state index in [1.165, 1.54) is 18.9 Å². The molecule has 6 heteroatoms. The summed E-state index contributed by atoms with van der Waals surface area (Å²) in [4.78, 5) is 36.2. The number of carbonyl (C=O) groups excluding carboxylic acids is 3. The molecule has 0 saturated heterocycles. The standard InChI is InChI=1S/C20H22O3.C18H26O3/c1-20(2,3)16-9-5-14(6-10-16)18(21)13-19(22)15-7-11-17(23-4)12-8-15;1-4-6-7-15(5-2)14-21-18(19)13-10-16-8-11-17(20-3)12-9-16/h5-12H,13H2,1-4H3;8-13,15H,4-7,14H2,1-3H3/b;13-10+. The molecule has 0 saturated carbocycles. The molecule has 0 heterocycles. The lowest BCUT2D eigenvalue weighted by Gasteiger charge is -2.18. The van der Waals surface area contributed by atoms with Crippen LogP contribution in [0.4, 0.5) is 0 Å². The van der Waals surface area contributed by atoms with Gasteiger partial charge in [0.1, 0.15) is 11.5 Å². The molecule has 0 spiro atoms. The summed E-state index contributed by atoms with van der Waals surface area (Å²) in [6.45, 7) is 11.2.